The Bertz CT molecular complexity index is 505. The number of amides is 1. The van der Waals surface area contributed by atoms with Crippen molar-refractivity contribution < 1.29 is 13.6 Å². The molecule has 1 N–H and O–H groups in total. The van der Waals surface area contributed by atoms with Crippen molar-refractivity contribution in [1.82, 2.24) is 10.2 Å². The van der Waals surface area contributed by atoms with Crippen molar-refractivity contribution in [2.24, 2.45) is 5.41 Å². The average Bonchev–Trinajstić information content (AvgIpc) is 2.64. The van der Waals surface area contributed by atoms with Gasteiger partial charge in [0.2, 0.25) is 5.91 Å². The summed E-state index contributed by atoms with van der Waals surface area (Å²) in [6.45, 7) is 8.01. The van der Waals surface area contributed by atoms with E-state index in [-0.39, 0.29) is 17.4 Å². The van der Waals surface area contributed by atoms with E-state index in [0.29, 0.717) is 25.1 Å². The first-order valence-corrected chi connectivity index (χ1v) is 7.19. The van der Waals surface area contributed by atoms with Crippen LogP contribution in [0.3, 0.4) is 0 Å². The van der Waals surface area contributed by atoms with Crippen LogP contribution >= 0.6 is 0 Å². The second kappa shape index (κ2) is 6.10. The summed E-state index contributed by atoms with van der Waals surface area (Å²) in [7, 11) is 0. The van der Waals surface area contributed by atoms with Gasteiger partial charge in [-0.3, -0.25) is 4.79 Å². The smallest absolute Gasteiger partial charge is 0.224 e. The van der Waals surface area contributed by atoms with Gasteiger partial charge < -0.3 is 10.2 Å². The molecule has 1 aromatic carbocycles. The van der Waals surface area contributed by atoms with Crippen LogP contribution in [0.15, 0.2) is 18.2 Å². The highest BCUT2D eigenvalue weighted by atomic mass is 19.1. The van der Waals surface area contributed by atoms with E-state index in [4.69, 9.17) is 0 Å². The summed E-state index contributed by atoms with van der Waals surface area (Å²) < 4.78 is 26.2. The summed E-state index contributed by atoms with van der Waals surface area (Å²) in [4.78, 5) is 13.8. The number of rotatable bonds is 4. The molecule has 0 aromatic heterocycles. The van der Waals surface area contributed by atoms with Crippen LogP contribution in [0.25, 0.3) is 0 Å². The Balaban J connectivity index is 1.89. The Hall–Kier alpha value is -1.49. The molecule has 1 fully saturated rings. The summed E-state index contributed by atoms with van der Waals surface area (Å²) in [5.41, 5.74) is 0.616. The van der Waals surface area contributed by atoms with Crippen molar-refractivity contribution in [2.45, 2.75) is 39.8 Å². The van der Waals surface area contributed by atoms with Gasteiger partial charge in [-0.05, 0) is 23.1 Å². The molecule has 0 bridgehead atoms. The number of nitrogens with one attached hydrogen (secondary N) is 1. The molecule has 3 nitrogen and oxygen atoms in total. The summed E-state index contributed by atoms with van der Waals surface area (Å²) in [5, 5.41) is 3.20. The highest BCUT2D eigenvalue weighted by Gasteiger charge is 2.31. The third-order valence-electron chi connectivity index (χ3n) is 3.40. The Morgan fingerprint density at radius 1 is 1.24 bits per heavy atom. The van der Waals surface area contributed by atoms with E-state index < -0.39 is 11.6 Å². The maximum atomic E-state index is 13.1. The molecular weight excluding hydrogens is 274 g/mol. The van der Waals surface area contributed by atoms with Crippen molar-refractivity contribution in [3.05, 3.63) is 35.4 Å². The number of likely N-dealkylation sites (tertiary alicyclic amines) is 1. The molecule has 1 heterocycles. The van der Waals surface area contributed by atoms with Gasteiger partial charge in [0.25, 0.3) is 0 Å². The SMILES string of the molecule is CC(C)(C)CN1CC(NCc2cc(F)cc(F)c2)CC1=O. The lowest BCUT2D eigenvalue weighted by atomic mass is 9.96. The minimum absolute atomic E-state index is 0.0335. The first-order chi connectivity index (χ1) is 9.73. The van der Waals surface area contributed by atoms with Crippen molar-refractivity contribution in [1.29, 1.82) is 0 Å². The fourth-order valence-corrected chi connectivity index (χ4v) is 2.61. The normalized spacial score (nSPS) is 19.4. The van der Waals surface area contributed by atoms with Gasteiger partial charge in [-0.15, -0.1) is 0 Å². The van der Waals surface area contributed by atoms with Gasteiger partial charge >= 0.3 is 0 Å². The summed E-state index contributed by atoms with van der Waals surface area (Å²) in [6, 6.07) is 3.50. The van der Waals surface area contributed by atoms with Crippen LogP contribution in [0.2, 0.25) is 0 Å². The molecule has 1 aliphatic heterocycles. The lowest BCUT2D eigenvalue weighted by Crippen LogP contribution is -2.36. The summed E-state index contributed by atoms with van der Waals surface area (Å²) in [5.74, 6) is -1.03. The highest BCUT2D eigenvalue weighted by Crippen LogP contribution is 2.20. The van der Waals surface area contributed by atoms with Crippen molar-refractivity contribution in [2.75, 3.05) is 13.1 Å². The molecule has 0 saturated carbocycles. The lowest BCUT2D eigenvalue weighted by molar-refractivity contribution is -0.128. The number of carbonyl (C=O) groups is 1. The van der Waals surface area contributed by atoms with Gasteiger partial charge in [0.05, 0.1) is 0 Å². The van der Waals surface area contributed by atoms with Gasteiger partial charge in [-0.1, -0.05) is 20.8 Å². The highest BCUT2D eigenvalue weighted by molar-refractivity contribution is 5.79. The predicted octanol–water partition coefficient (Wildman–Crippen LogP) is 2.70. The summed E-state index contributed by atoms with van der Waals surface area (Å²) in [6.07, 6.45) is 0.438. The minimum atomic E-state index is -0.580. The fourth-order valence-electron chi connectivity index (χ4n) is 2.61. The van der Waals surface area contributed by atoms with E-state index in [0.717, 1.165) is 12.6 Å². The Morgan fingerprint density at radius 3 is 2.43 bits per heavy atom. The van der Waals surface area contributed by atoms with E-state index in [1.807, 2.05) is 4.90 Å². The van der Waals surface area contributed by atoms with Crippen LogP contribution in [-0.2, 0) is 11.3 Å². The first-order valence-electron chi connectivity index (χ1n) is 7.19. The molecule has 1 unspecified atom stereocenters. The van der Waals surface area contributed by atoms with Gasteiger partial charge in [0.1, 0.15) is 11.6 Å². The minimum Gasteiger partial charge on any atom is -0.341 e. The zero-order valence-electron chi connectivity index (χ0n) is 12.7. The van der Waals surface area contributed by atoms with Gasteiger partial charge in [-0.2, -0.15) is 0 Å². The molecule has 0 radical (unpaired) electrons. The molecule has 0 aliphatic carbocycles. The quantitative estimate of drug-likeness (QED) is 0.926. The number of benzene rings is 1. The average molecular weight is 296 g/mol. The monoisotopic (exact) mass is 296 g/mol. The summed E-state index contributed by atoms with van der Waals surface area (Å²) >= 11 is 0. The van der Waals surface area contributed by atoms with E-state index in [2.05, 4.69) is 26.1 Å². The van der Waals surface area contributed by atoms with E-state index in [9.17, 15) is 13.6 Å². The van der Waals surface area contributed by atoms with Gasteiger partial charge in [0.15, 0.2) is 0 Å². The Kier molecular flexibility index (Phi) is 4.61. The van der Waals surface area contributed by atoms with E-state index in [1.54, 1.807) is 0 Å². The van der Waals surface area contributed by atoms with Crippen LogP contribution in [-0.4, -0.2) is 29.9 Å². The molecule has 21 heavy (non-hydrogen) atoms. The number of hydrogen-bond acceptors (Lipinski definition) is 2. The van der Waals surface area contributed by atoms with Crippen LogP contribution < -0.4 is 5.32 Å². The first kappa shape index (κ1) is 15.9. The second-order valence-electron chi connectivity index (χ2n) is 6.89. The van der Waals surface area contributed by atoms with Crippen molar-refractivity contribution >= 4 is 5.91 Å². The van der Waals surface area contributed by atoms with Crippen molar-refractivity contribution in [3.8, 4) is 0 Å². The number of nitrogens with zero attached hydrogens (tertiary/aromatic N) is 1. The topological polar surface area (TPSA) is 32.3 Å². The zero-order chi connectivity index (χ0) is 15.6. The molecule has 116 valence electrons. The number of halogens is 2. The largest absolute Gasteiger partial charge is 0.341 e. The predicted molar refractivity (Wildman–Crippen MR) is 77.6 cm³/mol. The van der Waals surface area contributed by atoms with Crippen LogP contribution in [0.4, 0.5) is 8.78 Å². The molecule has 5 heteroatoms. The van der Waals surface area contributed by atoms with Gasteiger partial charge in [0, 0.05) is 38.2 Å². The third kappa shape index (κ3) is 4.77. The molecule has 2 rings (SSSR count). The Labute approximate surface area is 124 Å². The van der Waals surface area contributed by atoms with Crippen LogP contribution in [0.1, 0.15) is 32.8 Å². The molecule has 1 saturated heterocycles. The van der Waals surface area contributed by atoms with Crippen molar-refractivity contribution in [3.63, 3.8) is 0 Å². The molecule has 1 amide bonds. The standard InChI is InChI=1S/C16H22F2N2O/c1-16(2,3)10-20-9-14(7-15(20)21)19-8-11-4-12(17)6-13(18)5-11/h4-6,14,19H,7-10H2,1-3H3. The third-order valence-corrected chi connectivity index (χ3v) is 3.40. The zero-order valence-corrected chi connectivity index (χ0v) is 12.7. The van der Waals surface area contributed by atoms with E-state index in [1.165, 1.54) is 12.1 Å². The lowest BCUT2D eigenvalue weighted by Gasteiger charge is -2.26. The number of carbonyl (C=O) groups excluding carboxylic acids is 1. The number of hydrogen-bond donors (Lipinski definition) is 1. The molecule has 1 aromatic rings. The van der Waals surface area contributed by atoms with Crippen LogP contribution in [0, 0.1) is 17.0 Å². The fraction of sp³-hybridized carbons (Fsp3) is 0.562. The van der Waals surface area contributed by atoms with E-state index >= 15 is 0 Å². The maximum absolute atomic E-state index is 13.1. The second-order valence-corrected chi connectivity index (χ2v) is 6.89. The molecule has 0 spiro atoms. The molecule has 1 aliphatic rings. The Morgan fingerprint density at radius 2 is 1.86 bits per heavy atom. The molecular formula is C16H22F2N2O. The van der Waals surface area contributed by atoms with Crippen LogP contribution in [0.5, 0.6) is 0 Å². The van der Waals surface area contributed by atoms with Gasteiger partial charge in [-0.25, -0.2) is 8.78 Å². The molecule has 1 atom stereocenters. The maximum Gasteiger partial charge on any atom is 0.224 e.